The maximum absolute atomic E-state index is 5.15. The lowest BCUT2D eigenvalue weighted by atomic mass is 11.9. The molecular weight excluding hydrogens is 234 g/mol. The third-order valence-electron chi connectivity index (χ3n) is 0.515. The molecule has 1 atom stereocenters. The van der Waals surface area contributed by atoms with Gasteiger partial charge in [0, 0.05) is 5.90 Å². The van der Waals surface area contributed by atoms with Gasteiger partial charge in [0.25, 0.3) is 0 Å². The van der Waals surface area contributed by atoms with Crippen molar-refractivity contribution in [2.75, 3.05) is 5.90 Å². The van der Waals surface area contributed by atoms with E-state index in [9.17, 15) is 0 Å². The Labute approximate surface area is 66.6 Å². The summed E-state index contributed by atoms with van der Waals surface area (Å²) < 4.78 is 0. The molecule has 1 rings (SSSR count). The molecule has 1 aliphatic rings. The molecule has 46 valence electrons. The molecule has 0 bridgehead atoms. The van der Waals surface area contributed by atoms with Crippen LogP contribution in [0.15, 0.2) is 0 Å². The van der Waals surface area contributed by atoms with Crippen molar-refractivity contribution in [2.45, 2.75) is 0 Å². The van der Waals surface area contributed by atoms with Gasteiger partial charge in [-0.05, 0) is 53.3 Å². The maximum atomic E-state index is 5.15. The lowest BCUT2D eigenvalue weighted by molar-refractivity contribution is 2.37. The van der Waals surface area contributed by atoms with Crippen LogP contribution in [0.2, 0.25) is 0 Å². The zero-order valence-corrected chi connectivity index (χ0v) is 9.51. The summed E-state index contributed by atoms with van der Waals surface area (Å²) >= 11 is 9.85. The number of rotatable bonds is 0. The highest BCUT2D eigenvalue weighted by Crippen LogP contribution is 2.45. The van der Waals surface area contributed by atoms with Crippen LogP contribution in [0.5, 0.6) is 0 Å². The van der Waals surface area contributed by atoms with Crippen LogP contribution in [0.1, 0.15) is 0 Å². The minimum Gasteiger partial charge on any atom is -0.0585 e. The normalized spacial score (nSPS) is 20.8. The third-order valence-corrected chi connectivity index (χ3v) is 19.6. The van der Waals surface area contributed by atoms with Crippen LogP contribution >= 0.6 is 13.9 Å². The SMILES string of the molecule is S=S=S=S(=S)=P1=PC1. The molecule has 0 N–H and O–H groups in total. The van der Waals surface area contributed by atoms with Gasteiger partial charge in [-0.2, -0.15) is 0 Å². The molecule has 1 unspecified atom stereocenters. The summed E-state index contributed by atoms with van der Waals surface area (Å²) in [6.07, 6.45) is 0. The Hall–Kier alpha value is 1.70. The Morgan fingerprint density at radius 2 is 2.38 bits per heavy atom. The van der Waals surface area contributed by atoms with Crippen molar-refractivity contribution in [1.29, 1.82) is 0 Å². The Balaban J connectivity index is 3.71. The van der Waals surface area contributed by atoms with Crippen molar-refractivity contribution in [1.82, 2.24) is 0 Å². The van der Waals surface area contributed by atoms with Crippen molar-refractivity contribution in [3.63, 3.8) is 0 Å². The fraction of sp³-hybridized carbons (Fsp3) is 1.00. The second kappa shape index (κ2) is 3.77. The highest BCUT2D eigenvalue weighted by atomic mass is 33.4. The van der Waals surface area contributed by atoms with Crippen molar-refractivity contribution in [3.05, 3.63) is 0 Å². The van der Waals surface area contributed by atoms with Gasteiger partial charge in [0.1, 0.15) is 0 Å². The lowest BCUT2D eigenvalue weighted by Gasteiger charge is -1.48. The van der Waals surface area contributed by atoms with E-state index in [-0.39, 0.29) is 13.2 Å². The van der Waals surface area contributed by atoms with Gasteiger partial charge in [-0.25, -0.2) is 0 Å². The molecule has 0 aliphatic carbocycles. The summed E-state index contributed by atoms with van der Waals surface area (Å²) in [6, 6.07) is 0. The van der Waals surface area contributed by atoms with Crippen LogP contribution in [0, 0.1) is 0 Å². The molecule has 1 aliphatic heterocycles. The standard InChI is InChI=1S/CH2P2S5/c4-6-7-8(5)3-1-2-3/h1H2. The largest absolute Gasteiger partial charge is 0.0585 e. The maximum Gasteiger partial charge on any atom is 0.0461 e. The molecule has 0 spiro atoms. The van der Waals surface area contributed by atoms with Gasteiger partial charge in [-0.1, -0.05) is 7.87 Å². The van der Waals surface area contributed by atoms with Crippen molar-refractivity contribution in [3.8, 4) is 0 Å². The van der Waals surface area contributed by atoms with Gasteiger partial charge in [0.15, 0.2) is 0 Å². The van der Waals surface area contributed by atoms with E-state index < -0.39 is 0 Å². The second-order valence-electron chi connectivity index (χ2n) is 0.988. The lowest BCUT2D eigenvalue weighted by Crippen LogP contribution is -1.35. The molecule has 8 heavy (non-hydrogen) atoms. The highest BCUT2D eigenvalue weighted by molar-refractivity contribution is 8.73. The van der Waals surface area contributed by atoms with E-state index in [2.05, 4.69) is 0 Å². The molecule has 0 aromatic rings. The molecule has 0 aromatic heterocycles. The predicted octanol–water partition coefficient (Wildman–Crippen LogP) is 1.75. The topological polar surface area (TPSA) is 0 Å². The predicted molar refractivity (Wildman–Crippen MR) is 55.5 cm³/mol. The van der Waals surface area contributed by atoms with Gasteiger partial charge in [-0.3, -0.25) is 0 Å². The summed E-state index contributed by atoms with van der Waals surface area (Å²) in [5, 5.41) is 0. The first-order chi connectivity index (χ1) is 3.84. The van der Waals surface area contributed by atoms with E-state index >= 15 is 0 Å². The van der Waals surface area contributed by atoms with E-state index in [1.54, 1.807) is 16.7 Å². The molecule has 0 amide bonds. The van der Waals surface area contributed by atoms with Crippen LogP contribution in [0.25, 0.3) is 0 Å². The van der Waals surface area contributed by atoms with E-state index in [1.165, 1.54) is 14.8 Å². The van der Waals surface area contributed by atoms with E-state index in [4.69, 9.17) is 22.4 Å². The van der Waals surface area contributed by atoms with E-state index in [0.717, 1.165) is 0 Å². The summed E-state index contributed by atoms with van der Waals surface area (Å²) in [4.78, 5) is 0. The summed E-state index contributed by atoms with van der Waals surface area (Å²) in [7, 11) is 4.90. The quantitative estimate of drug-likeness (QED) is 0.588. The van der Waals surface area contributed by atoms with E-state index in [1.807, 2.05) is 0 Å². The van der Waals surface area contributed by atoms with Crippen LogP contribution < -0.4 is 0 Å². The zero-order chi connectivity index (χ0) is 5.98. The molecular formula is CH2P2S5. The third kappa shape index (κ3) is 2.53. The van der Waals surface area contributed by atoms with Crippen molar-refractivity contribution < 1.29 is 0 Å². The Bertz CT molecular complexity index is 332. The first-order valence-corrected chi connectivity index (χ1v) is 11.3. The van der Waals surface area contributed by atoms with Crippen LogP contribution in [0.3, 0.4) is 0 Å². The van der Waals surface area contributed by atoms with Gasteiger partial charge in [0.05, 0.1) is 0 Å². The summed E-state index contributed by atoms with van der Waals surface area (Å²) in [5.74, 6) is 1.65. The van der Waals surface area contributed by atoms with Gasteiger partial charge >= 0.3 is 0 Å². The number of hydrogen-bond donors (Lipinski definition) is 0. The smallest absolute Gasteiger partial charge is 0.0461 e. The molecule has 0 nitrogen and oxygen atoms in total. The fourth-order valence-corrected chi connectivity index (χ4v) is 20.6. The van der Waals surface area contributed by atoms with Crippen LogP contribution in [-0.4, -0.2) is 5.90 Å². The van der Waals surface area contributed by atoms with Crippen LogP contribution in [-0.2, 0) is 47.3 Å². The second-order valence-corrected chi connectivity index (χ2v) is 16.7. The van der Waals surface area contributed by atoms with E-state index in [0.29, 0.717) is 0 Å². The van der Waals surface area contributed by atoms with Crippen molar-refractivity contribution >= 4 is 61.2 Å². The zero-order valence-electron chi connectivity index (χ0n) is 3.64. The monoisotopic (exact) mass is 236 g/mol. The Kier molecular flexibility index (Phi) is 3.68. The first kappa shape index (κ1) is 7.80. The summed E-state index contributed by atoms with van der Waals surface area (Å²) in [5.41, 5.74) is 0. The molecule has 0 saturated heterocycles. The Morgan fingerprint density at radius 1 is 1.75 bits per heavy atom. The molecule has 1 heterocycles. The van der Waals surface area contributed by atoms with Gasteiger partial charge in [-0.15, -0.1) is 0 Å². The molecule has 0 aromatic carbocycles. The average Bonchev–Trinajstić information content (AvgIpc) is 2.45. The van der Waals surface area contributed by atoms with Crippen molar-refractivity contribution in [2.24, 2.45) is 0 Å². The van der Waals surface area contributed by atoms with Gasteiger partial charge < -0.3 is 0 Å². The Morgan fingerprint density at radius 3 is 2.75 bits per heavy atom. The van der Waals surface area contributed by atoms with Gasteiger partial charge in [0.2, 0.25) is 0 Å². The number of hydrogen-bond acceptors (Lipinski definition) is 2. The van der Waals surface area contributed by atoms with Crippen LogP contribution in [0.4, 0.5) is 0 Å². The fourth-order valence-electron chi connectivity index (χ4n) is 0.179. The molecule has 7 heteroatoms. The molecule has 0 fully saturated rings. The highest BCUT2D eigenvalue weighted by Gasteiger charge is 1.93. The first-order valence-electron chi connectivity index (χ1n) is 1.68. The average molecular weight is 236 g/mol. The molecule has 0 saturated carbocycles. The summed E-state index contributed by atoms with van der Waals surface area (Å²) in [6.45, 7) is 0. The minimum atomic E-state index is 0.201. The minimum absolute atomic E-state index is 0.201. The molecule has 0 radical (unpaired) electrons.